The third kappa shape index (κ3) is 4.55. The smallest absolute Gasteiger partial charge is 0.257 e. The second kappa shape index (κ2) is 9.67. The van der Waals surface area contributed by atoms with Gasteiger partial charge in [-0.2, -0.15) is 22.3 Å². The van der Waals surface area contributed by atoms with Crippen LogP contribution in [0.5, 0.6) is 5.75 Å². The van der Waals surface area contributed by atoms with Crippen molar-refractivity contribution < 1.29 is 27.5 Å². The van der Waals surface area contributed by atoms with Gasteiger partial charge in [-0.05, 0) is 23.8 Å². The van der Waals surface area contributed by atoms with E-state index in [1.807, 2.05) is 13.8 Å². The summed E-state index contributed by atoms with van der Waals surface area (Å²) in [6.07, 6.45) is 0. The molecular formula is C16H15F4NO2S. The van der Waals surface area contributed by atoms with Crippen LogP contribution in [0.3, 0.4) is 0 Å². The normalized spacial score (nSPS) is 9.08. The molecule has 2 aromatic rings. The van der Waals surface area contributed by atoms with E-state index in [0.29, 0.717) is 5.56 Å². The van der Waals surface area contributed by atoms with Crippen LogP contribution in [0, 0.1) is 35.4 Å². The van der Waals surface area contributed by atoms with Crippen LogP contribution in [0.2, 0.25) is 0 Å². The molecule has 0 bridgehead atoms. The van der Waals surface area contributed by atoms with E-state index in [-0.39, 0.29) is 20.0 Å². The van der Waals surface area contributed by atoms with Crippen molar-refractivity contribution in [1.82, 2.24) is 5.32 Å². The Bertz CT molecular complexity index is 667. The highest BCUT2D eigenvalue weighted by molar-refractivity contribution is 7.59. The van der Waals surface area contributed by atoms with Crippen molar-refractivity contribution in [2.24, 2.45) is 0 Å². The van der Waals surface area contributed by atoms with Crippen molar-refractivity contribution in [2.75, 3.05) is 0 Å². The molecule has 24 heavy (non-hydrogen) atoms. The fraction of sp³-hybridized carbons (Fsp3) is 0.188. The highest BCUT2D eigenvalue weighted by atomic mass is 32.1. The molecule has 2 N–H and O–H groups in total. The van der Waals surface area contributed by atoms with Gasteiger partial charge in [0.25, 0.3) is 5.91 Å². The molecule has 0 spiro atoms. The molecule has 0 aliphatic carbocycles. The number of amides is 1. The average Bonchev–Trinajstić information content (AvgIpc) is 2.59. The third-order valence-corrected chi connectivity index (χ3v) is 2.64. The number of carbonyl (C=O) groups excluding carboxylic acids is 1. The number of nitrogens with one attached hydrogen (secondary N) is 1. The minimum absolute atomic E-state index is 0. The van der Waals surface area contributed by atoms with Crippen LogP contribution >= 0.6 is 13.5 Å². The Kier molecular flexibility index (Phi) is 8.71. The SMILES string of the molecule is CC.O=C(NCc1cc#ccc1)c1c(F)c(F)c(O)c(F)c1F.S. The quantitative estimate of drug-likeness (QED) is 0.648. The standard InChI is InChI=1S/C14H7F4NO2.C2H6.H2S/c15-9-8(10(16)12(18)13(20)11(9)17)14(21)19-6-7-4-2-1-3-5-7;1-2;/h2,4-5,20H,6H2,(H,19,21);1-2H3;1H2. The van der Waals surface area contributed by atoms with E-state index in [1.165, 1.54) is 12.1 Å². The van der Waals surface area contributed by atoms with E-state index in [9.17, 15) is 22.4 Å². The lowest BCUT2D eigenvalue weighted by Crippen LogP contribution is -2.26. The maximum absolute atomic E-state index is 13.5. The second-order valence-corrected chi connectivity index (χ2v) is 4.00. The summed E-state index contributed by atoms with van der Waals surface area (Å²) in [4.78, 5) is 11.7. The highest BCUT2D eigenvalue weighted by Gasteiger charge is 2.29. The zero-order valence-electron chi connectivity index (χ0n) is 12.8. The Morgan fingerprint density at radius 2 is 1.62 bits per heavy atom. The van der Waals surface area contributed by atoms with Gasteiger partial charge in [-0.15, -0.1) is 0 Å². The van der Waals surface area contributed by atoms with Gasteiger partial charge in [0.1, 0.15) is 5.56 Å². The summed E-state index contributed by atoms with van der Waals surface area (Å²) >= 11 is 0. The summed E-state index contributed by atoms with van der Waals surface area (Å²) in [5.41, 5.74) is -0.892. The van der Waals surface area contributed by atoms with Crippen molar-refractivity contribution in [3.63, 3.8) is 0 Å². The molecule has 0 aromatic heterocycles. The number of phenolic OH excluding ortho intramolecular Hbond substituents is 1. The molecule has 8 heteroatoms. The highest BCUT2D eigenvalue weighted by Crippen LogP contribution is 2.28. The average molecular weight is 361 g/mol. The minimum Gasteiger partial charge on any atom is -0.503 e. The van der Waals surface area contributed by atoms with Gasteiger partial charge in [0.05, 0.1) is 0 Å². The Labute approximate surface area is 143 Å². The summed E-state index contributed by atoms with van der Waals surface area (Å²) < 4.78 is 53.2. The van der Waals surface area contributed by atoms with E-state index in [4.69, 9.17) is 5.11 Å². The Hall–Kier alpha value is -2.40. The predicted molar refractivity (Wildman–Crippen MR) is 85.0 cm³/mol. The lowest BCUT2D eigenvalue weighted by atomic mass is 10.1. The number of rotatable bonds is 3. The van der Waals surface area contributed by atoms with Gasteiger partial charge in [-0.3, -0.25) is 4.79 Å². The topological polar surface area (TPSA) is 49.3 Å². The van der Waals surface area contributed by atoms with E-state index >= 15 is 0 Å². The summed E-state index contributed by atoms with van der Waals surface area (Å²) in [6, 6.07) is 9.73. The predicted octanol–water partition coefficient (Wildman–Crippen LogP) is 3.62. The van der Waals surface area contributed by atoms with E-state index in [0.717, 1.165) is 0 Å². The molecule has 0 aliphatic rings. The Morgan fingerprint density at radius 3 is 2.08 bits per heavy atom. The summed E-state index contributed by atoms with van der Waals surface area (Å²) in [5.74, 6) is -11.1. The van der Waals surface area contributed by atoms with E-state index < -0.39 is 40.5 Å². The molecular weight excluding hydrogens is 346 g/mol. The fourth-order valence-corrected chi connectivity index (χ4v) is 1.58. The molecule has 0 saturated carbocycles. The van der Waals surface area contributed by atoms with Crippen LogP contribution in [0.15, 0.2) is 18.2 Å². The van der Waals surface area contributed by atoms with Crippen LogP contribution in [0.4, 0.5) is 17.6 Å². The molecule has 0 unspecified atom stereocenters. The first kappa shape index (κ1) is 21.6. The first-order valence-electron chi connectivity index (χ1n) is 6.63. The Balaban J connectivity index is 0.00000170. The summed E-state index contributed by atoms with van der Waals surface area (Å²) in [7, 11) is 0. The summed E-state index contributed by atoms with van der Waals surface area (Å²) in [5, 5.41) is 10.9. The van der Waals surface area contributed by atoms with Crippen LogP contribution < -0.4 is 5.32 Å². The number of hydrogen-bond donors (Lipinski definition) is 2. The molecule has 0 heterocycles. The number of halogens is 4. The van der Waals surface area contributed by atoms with E-state index in [1.54, 1.807) is 6.07 Å². The molecule has 2 rings (SSSR count). The van der Waals surface area contributed by atoms with Crippen LogP contribution in [0.25, 0.3) is 0 Å². The largest absolute Gasteiger partial charge is 0.503 e. The van der Waals surface area contributed by atoms with Crippen molar-refractivity contribution in [2.45, 2.75) is 20.4 Å². The second-order valence-electron chi connectivity index (χ2n) is 4.00. The number of hydrogen-bond acceptors (Lipinski definition) is 2. The van der Waals surface area contributed by atoms with Crippen LogP contribution in [-0.2, 0) is 6.54 Å². The van der Waals surface area contributed by atoms with Crippen LogP contribution in [0.1, 0.15) is 29.8 Å². The molecule has 0 aliphatic heterocycles. The van der Waals surface area contributed by atoms with Gasteiger partial charge >= 0.3 is 0 Å². The first-order valence-corrected chi connectivity index (χ1v) is 6.63. The number of carbonyl (C=O) groups is 1. The molecule has 0 fully saturated rings. The zero-order valence-corrected chi connectivity index (χ0v) is 13.8. The van der Waals surface area contributed by atoms with Crippen LogP contribution in [-0.4, -0.2) is 11.0 Å². The van der Waals surface area contributed by atoms with Crippen molar-refractivity contribution in [3.8, 4) is 5.75 Å². The number of aromatic hydroxyl groups is 1. The maximum atomic E-state index is 13.5. The summed E-state index contributed by atoms with van der Waals surface area (Å²) in [6.45, 7) is 3.87. The van der Waals surface area contributed by atoms with Crippen molar-refractivity contribution >= 4 is 19.4 Å². The molecule has 0 saturated heterocycles. The van der Waals surface area contributed by atoms with Gasteiger partial charge in [-0.1, -0.05) is 26.0 Å². The Morgan fingerprint density at radius 1 is 1.08 bits per heavy atom. The minimum atomic E-state index is -2.03. The zero-order chi connectivity index (χ0) is 17.6. The molecule has 0 radical (unpaired) electrons. The third-order valence-electron chi connectivity index (χ3n) is 2.64. The van der Waals surface area contributed by atoms with E-state index in [2.05, 4.69) is 17.4 Å². The maximum Gasteiger partial charge on any atom is 0.257 e. The molecule has 1 amide bonds. The molecule has 2 aromatic carbocycles. The number of phenols is 1. The lowest BCUT2D eigenvalue weighted by molar-refractivity contribution is 0.0939. The van der Waals surface area contributed by atoms with Gasteiger partial charge in [0.2, 0.25) is 11.6 Å². The molecule has 3 nitrogen and oxygen atoms in total. The van der Waals surface area contributed by atoms with Gasteiger partial charge < -0.3 is 10.4 Å². The number of benzene rings is 1. The van der Waals surface area contributed by atoms with Gasteiger partial charge in [-0.25, -0.2) is 8.78 Å². The van der Waals surface area contributed by atoms with Gasteiger partial charge in [0, 0.05) is 6.54 Å². The molecule has 0 atom stereocenters. The van der Waals surface area contributed by atoms with Gasteiger partial charge in [0.15, 0.2) is 17.4 Å². The van der Waals surface area contributed by atoms with Crippen molar-refractivity contribution in [1.29, 1.82) is 0 Å². The molecule has 130 valence electrons. The first-order chi connectivity index (χ1) is 10.9. The monoisotopic (exact) mass is 361 g/mol. The lowest BCUT2D eigenvalue weighted by Gasteiger charge is -2.09. The van der Waals surface area contributed by atoms with Crippen molar-refractivity contribution in [3.05, 3.63) is 64.7 Å². The fourth-order valence-electron chi connectivity index (χ4n) is 1.58.